The quantitative estimate of drug-likeness (QED) is 0.793. The van der Waals surface area contributed by atoms with Crippen LogP contribution in [0, 0.1) is 6.92 Å². The summed E-state index contributed by atoms with van der Waals surface area (Å²) in [7, 11) is 0. The van der Waals surface area contributed by atoms with E-state index < -0.39 is 5.97 Å². The predicted octanol–water partition coefficient (Wildman–Crippen LogP) is 3.55. The fraction of sp³-hybridized carbons (Fsp3) is 0.0909. The van der Waals surface area contributed by atoms with Gasteiger partial charge in [-0.05, 0) is 30.7 Å². The second-order valence-electron chi connectivity index (χ2n) is 3.43. The number of carboxylic acid groups (broad SMARTS) is 1. The Bertz CT molecular complexity index is 596. The fourth-order valence-corrected chi connectivity index (χ4v) is 1.82. The summed E-state index contributed by atoms with van der Waals surface area (Å²) in [5.41, 5.74) is 1.45. The zero-order valence-electron chi connectivity index (χ0n) is 8.29. The van der Waals surface area contributed by atoms with E-state index in [1.165, 1.54) is 6.07 Å². The average molecular weight is 256 g/mol. The number of pyridine rings is 1. The van der Waals surface area contributed by atoms with Gasteiger partial charge in [0.2, 0.25) is 0 Å². The Morgan fingerprint density at radius 1 is 1.31 bits per heavy atom. The van der Waals surface area contributed by atoms with E-state index >= 15 is 0 Å². The molecule has 1 N–H and O–H groups in total. The molecule has 0 aliphatic heterocycles. The van der Waals surface area contributed by atoms with E-state index in [1.807, 2.05) is 6.92 Å². The van der Waals surface area contributed by atoms with E-state index in [0.29, 0.717) is 15.9 Å². The van der Waals surface area contributed by atoms with Gasteiger partial charge in [-0.25, -0.2) is 9.78 Å². The van der Waals surface area contributed by atoms with Crippen LogP contribution < -0.4 is 0 Å². The number of halogens is 2. The Balaban J connectivity index is 2.79. The predicted molar refractivity (Wildman–Crippen MR) is 63.5 cm³/mol. The van der Waals surface area contributed by atoms with Crippen LogP contribution in [0.25, 0.3) is 10.9 Å². The van der Waals surface area contributed by atoms with Crippen LogP contribution in [0.2, 0.25) is 10.2 Å². The molecule has 2 rings (SSSR count). The first-order valence-electron chi connectivity index (χ1n) is 4.48. The first kappa shape index (κ1) is 11.2. The first-order valence-corrected chi connectivity index (χ1v) is 5.24. The number of aryl methyl sites for hydroxylation is 1. The van der Waals surface area contributed by atoms with Gasteiger partial charge in [0.1, 0.15) is 5.15 Å². The molecule has 2 aromatic rings. The summed E-state index contributed by atoms with van der Waals surface area (Å²) in [5.74, 6) is -1.09. The maximum Gasteiger partial charge on any atom is 0.338 e. The van der Waals surface area contributed by atoms with Crippen molar-refractivity contribution in [2.24, 2.45) is 0 Å². The third-order valence-electron chi connectivity index (χ3n) is 2.28. The highest BCUT2D eigenvalue weighted by molar-refractivity contribution is 6.33. The summed E-state index contributed by atoms with van der Waals surface area (Å²) in [4.78, 5) is 14.9. The van der Waals surface area contributed by atoms with Crippen molar-refractivity contribution in [2.75, 3.05) is 0 Å². The first-order chi connectivity index (χ1) is 7.49. The molecule has 5 heteroatoms. The van der Waals surface area contributed by atoms with Gasteiger partial charge in [0.25, 0.3) is 0 Å². The van der Waals surface area contributed by atoms with E-state index in [-0.39, 0.29) is 10.7 Å². The van der Waals surface area contributed by atoms with Crippen molar-refractivity contribution < 1.29 is 9.90 Å². The number of rotatable bonds is 1. The molecule has 0 saturated heterocycles. The Labute approximate surface area is 102 Å². The highest BCUT2D eigenvalue weighted by Gasteiger charge is 2.12. The van der Waals surface area contributed by atoms with Gasteiger partial charge >= 0.3 is 5.97 Å². The summed E-state index contributed by atoms with van der Waals surface area (Å²) in [5, 5.41) is 10.2. The minimum atomic E-state index is -1.09. The molecule has 0 radical (unpaired) electrons. The lowest BCUT2D eigenvalue weighted by molar-refractivity contribution is 0.0697. The number of carbonyl (C=O) groups is 1. The fourth-order valence-electron chi connectivity index (χ4n) is 1.44. The van der Waals surface area contributed by atoms with Crippen LogP contribution in [0.1, 0.15) is 15.9 Å². The number of nitrogens with zero attached hydrogens (tertiary/aromatic N) is 1. The van der Waals surface area contributed by atoms with E-state index in [2.05, 4.69) is 4.98 Å². The molecule has 1 aromatic heterocycles. The number of fused-ring (bicyclic) bond motifs is 1. The van der Waals surface area contributed by atoms with E-state index in [1.54, 1.807) is 12.1 Å². The second-order valence-corrected chi connectivity index (χ2v) is 4.19. The molecule has 0 unspecified atom stereocenters. The lowest BCUT2D eigenvalue weighted by atomic mass is 10.1. The van der Waals surface area contributed by atoms with Gasteiger partial charge in [-0.1, -0.05) is 23.2 Å². The average Bonchev–Trinajstić information content (AvgIpc) is 2.19. The molecule has 1 heterocycles. The minimum Gasteiger partial charge on any atom is -0.478 e. The summed E-state index contributed by atoms with van der Waals surface area (Å²) in [6.07, 6.45) is 0. The topological polar surface area (TPSA) is 50.2 Å². The van der Waals surface area contributed by atoms with Crippen LogP contribution in [0.15, 0.2) is 18.2 Å². The Kier molecular flexibility index (Phi) is 2.74. The molecule has 16 heavy (non-hydrogen) atoms. The third-order valence-corrected chi connectivity index (χ3v) is 2.97. The van der Waals surface area contributed by atoms with Gasteiger partial charge in [-0.15, -0.1) is 0 Å². The van der Waals surface area contributed by atoms with Crippen molar-refractivity contribution in [2.45, 2.75) is 6.92 Å². The number of benzene rings is 1. The molecule has 82 valence electrons. The monoisotopic (exact) mass is 255 g/mol. The lowest BCUT2D eigenvalue weighted by Gasteiger charge is -2.04. The minimum absolute atomic E-state index is 0.00381. The van der Waals surface area contributed by atoms with E-state index in [0.717, 1.165) is 5.56 Å². The van der Waals surface area contributed by atoms with Crippen LogP contribution in [-0.2, 0) is 0 Å². The lowest BCUT2D eigenvalue weighted by Crippen LogP contribution is -1.99. The number of hydrogen-bond acceptors (Lipinski definition) is 2. The summed E-state index contributed by atoms with van der Waals surface area (Å²) >= 11 is 11.7. The molecule has 1 aromatic carbocycles. The molecule has 0 aliphatic carbocycles. The van der Waals surface area contributed by atoms with Crippen molar-refractivity contribution in [1.82, 2.24) is 4.98 Å². The van der Waals surface area contributed by atoms with Crippen molar-refractivity contribution in [3.63, 3.8) is 0 Å². The second kappa shape index (κ2) is 3.92. The molecule has 0 spiro atoms. The molecule has 0 bridgehead atoms. The number of aromatic nitrogens is 1. The Morgan fingerprint density at radius 3 is 2.62 bits per heavy atom. The number of hydrogen-bond donors (Lipinski definition) is 1. The molecule has 0 aliphatic rings. The van der Waals surface area contributed by atoms with Gasteiger partial charge in [-0.2, -0.15) is 0 Å². The zero-order chi connectivity index (χ0) is 11.9. The van der Waals surface area contributed by atoms with Crippen molar-refractivity contribution in [3.8, 4) is 0 Å². The number of carboxylic acids is 1. The molecular weight excluding hydrogens is 249 g/mol. The van der Waals surface area contributed by atoms with Gasteiger partial charge < -0.3 is 5.11 Å². The van der Waals surface area contributed by atoms with Crippen LogP contribution in [0.3, 0.4) is 0 Å². The molecule has 0 amide bonds. The van der Waals surface area contributed by atoms with Gasteiger partial charge in [0, 0.05) is 10.4 Å². The van der Waals surface area contributed by atoms with Gasteiger partial charge in [0.15, 0.2) is 0 Å². The van der Waals surface area contributed by atoms with Crippen molar-refractivity contribution in [1.29, 1.82) is 0 Å². The van der Waals surface area contributed by atoms with E-state index in [9.17, 15) is 4.79 Å². The molecular formula is C11H7Cl2NO2. The maximum atomic E-state index is 10.9. The zero-order valence-corrected chi connectivity index (χ0v) is 9.80. The maximum absolute atomic E-state index is 10.9. The normalized spacial score (nSPS) is 10.7. The summed E-state index contributed by atoms with van der Waals surface area (Å²) < 4.78 is 0. The standard InChI is InChI=1S/C11H7Cl2NO2/c1-5-2-6-3-7(11(15)16)10(13)14-9(6)4-8(5)12/h2-4H,1H3,(H,15,16). The van der Waals surface area contributed by atoms with Crippen molar-refractivity contribution in [3.05, 3.63) is 39.5 Å². The van der Waals surface area contributed by atoms with Crippen LogP contribution >= 0.6 is 23.2 Å². The van der Waals surface area contributed by atoms with Crippen LogP contribution in [0.4, 0.5) is 0 Å². The Hall–Kier alpha value is -1.32. The SMILES string of the molecule is Cc1cc2cc(C(=O)O)c(Cl)nc2cc1Cl. The van der Waals surface area contributed by atoms with Gasteiger partial charge in [0.05, 0.1) is 11.1 Å². The molecule has 3 nitrogen and oxygen atoms in total. The molecule has 0 fully saturated rings. The smallest absolute Gasteiger partial charge is 0.338 e. The molecule has 0 atom stereocenters. The largest absolute Gasteiger partial charge is 0.478 e. The highest BCUT2D eigenvalue weighted by atomic mass is 35.5. The third kappa shape index (κ3) is 1.84. The molecule has 0 saturated carbocycles. The van der Waals surface area contributed by atoms with Crippen LogP contribution in [-0.4, -0.2) is 16.1 Å². The van der Waals surface area contributed by atoms with E-state index in [4.69, 9.17) is 28.3 Å². The Morgan fingerprint density at radius 2 is 2.00 bits per heavy atom. The van der Waals surface area contributed by atoms with Gasteiger partial charge in [-0.3, -0.25) is 0 Å². The van der Waals surface area contributed by atoms with Crippen molar-refractivity contribution >= 4 is 40.1 Å². The summed E-state index contributed by atoms with van der Waals surface area (Å²) in [6, 6.07) is 4.95. The summed E-state index contributed by atoms with van der Waals surface area (Å²) in [6.45, 7) is 1.84. The highest BCUT2D eigenvalue weighted by Crippen LogP contribution is 2.25. The van der Waals surface area contributed by atoms with Crippen LogP contribution in [0.5, 0.6) is 0 Å². The number of aromatic carboxylic acids is 1.